The molecule has 33 heavy (non-hydrogen) atoms. The van der Waals surface area contributed by atoms with Crippen molar-refractivity contribution in [1.82, 2.24) is 15.6 Å². The van der Waals surface area contributed by atoms with E-state index in [9.17, 15) is 4.79 Å². The number of benzene rings is 2. The first-order valence-corrected chi connectivity index (χ1v) is 11.9. The van der Waals surface area contributed by atoms with Crippen molar-refractivity contribution < 1.29 is 4.79 Å². The molecule has 0 bridgehead atoms. The summed E-state index contributed by atoms with van der Waals surface area (Å²) in [6.45, 7) is 5.34. The highest BCUT2D eigenvalue weighted by Crippen LogP contribution is 2.22. The van der Waals surface area contributed by atoms with Crippen LogP contribution in [0, 0.1) is 0 Å². The maximum atomic E-state index is 12.8. The van der Waals surface area contributed by atoms with Crippen LogP contribution < -0.4 is 20.4 Å². The van der Waals surface area contributed by atoms with E-state index in [4.69, 9.17) is 0 Å². The molecule has 0 saturated carbocycles. The largest absolute Gasteiger partial charge is 0.372 e. The van der Waals surface area contributed by atoms with Crippen LogP contribution in [-0.4, -0.2) is 43.6 Å². The molecule has 2 aliphatic heterocycles. The summed E-state index contributed by atoms with van der Waals surface area (Å²) < 4.78 is 0. The number of aromatic nitrogens is 1. The van der Waals surface area contributed by atoms with Gasteiger partial charge in [-0.15, -0.1) is 0 Å². The number of pyridine rings is 1. The van der Waals surface area contributed by atoms with E-state index in [2.05, 4.69) is 73.9 Å². The van der Waals surface area contributed by atoms with Crippen molar-refractivity contribution in [3.8, 4) is 0 Å². The van der Waals surface area contributed by atoms with Crippen LogP contribution in [0.4, 0.5) is 11.5 Å². The monoisotopic (exact) mass is 441 g/mol. The molecule has 2 aromatic carbocycles. The number of nitrogens with zero attached hydrogens (tertiary/aromatic N) is 3. The highest BCUT2D eigenvalue weighted by molar-refractivity contribution is 5.92. The minimum atomic E-state index is -0.143. The first-order valence-electron chi connectivity index (χ1n) is 11.9. The normalized spacial score (nSPS) is 18.4. The van der Waals surface area contributed by atoms with Gasteiger partial charge in [-0.05, 0) is 48.2 Å². The number of rotatable bonds is 6. The lowest BCUT2D eigenvalue weighted by molar-refractivity contribution is 0.0946. The fourth-order valence-electron chi connectivity index (χ4n) is 4.67. The Bertz CT molecular complexity index is 1060. The Morgan fingerprint density at radius 3 is 2.48 bits per heavy atom. The molecule has 2 saturated heterocycles. The molecule has 6 nitrogen and oxygen atoms in total. The average molecular weight is 442 g/mol. The van der Waals surface area contributed by atoms with Gasteiger partial charge in [-0.1, -0.05) is 48.5 Å². The predicted octanol–water partition coefficient (Wildman–Crippen LogP) is 3.76. The summed E-state index contributed by atoms with van der Waals surface area (Å²) in [5, 5.41) is 6.60. The zero-order valence-electron chi connectivity index (χ0n) is 18.9. The summed E-state index contributed by atoms with van der Waals surface area (Å²) in [6.07, 6.45) is 2.54. The van der Waals surface area contributed by atoms with Crippen LogP contribution in [0.3, 0.4) is 0 Å². The zero-order chi connectivity index (χ0) is 22.5. The van der Waals surface area contributed by atoms with Crippen LogP contribution in [-0.2, 0) is 6.54 Å². The van der Waals surface area contributed by atoms with E-state index in [1.54, 1.807) is 6.07 Å². The molecule has 6 heteroatoms. The first kappa shape index (κ1) is 21.5. The molecular weight excluding hydrogens is 410 g/mol. The lowest BCUT2D eigenvalue weighted by Gasteiger charge is -2.35. The molecule has 0 aliphatic carbocycles. The van der Waals surface area contributed by atoms with Gasteiger partial charge in [0.2, 0.25) is 0 Å². The van der Waals surface area contributed by atoms with Crippen LogP contribution in [0.25, 0.3) is 0 Å². The third-order valence-electron chi connectivity index (χ3n) is 6.53. The second-order valence-corrected chi connectivity index (χ2v) is 8.79. The van der Waals surface area contributed by atoms with E-state index < -0.39 is 0 Å². The zero-order valence-corrected chi connectivity index (χ0v) is 18.9. The van der Waals surface area contributed by atoms with Gasteiger partial charge in [0, 0.05) is 51.0 Å². The molecule has 5 rings (SSSR count). The van der Waals surface area contributed by atoms with E-state index in [0.717, 1.165) is 44.1 Å². The lowest BCUT2D eigenvalue weighted by Crippen LogP contribution is -2.46. The molecule has 3 aromatic rings. The van der Waals surface area contributed by atoms with Gasteiger partial charge >= 0.3 is 0 Å². The Hall–Kier alpha value is -3.38. The standard InChI is InChI=1S/C27H31N5O/c33-27(29-19-21-11-13-23(14-12-21)31-16-4-5-17-31)24-9-6-10-26(30-24)32-18-15-28-25(20-32)22-7-2-1-3-8-22/h1-3,6-14,25,28H,4-5,15-20H2,(H,29,33). The Kier molecular flexibility index (Phi) is 6.53. The Labute approximate surface area is 195 Å². The highest BCUT2D eigenvalue weighted by atomic mass is 16.1. The smallest absolute Gasteiger partial charge is 0.270 e. The fourth-order valence-corrected chi connectivity index (χ4v) is 4.67. The fraction of sp³-hybridized carbons (Fsp3) is 0.333. The van der Waals surface area contributed by atoms with Crippen molar-refractivity contribution in [2.75, 3.05) is 42.5 Å². The van der Waals surface area contributed by atoms with Crippen molar-refractivity contribution in [2.45, 2.75) is 25.4 Å². The quantitative estimate of drug-likeness (QED) is 0.610. The van der Waals surface area contributed by atoms with E-state index in [1.165, 1.54) is 24.1 Å². The van der Waals surface area contributed by atoms with E-state index >= 15 is 0 Å². The molecule has 1 atom stereocenters. The number of carbonyl (C=O) groups excluding carboxylic acids is 1. The van der Waals surface area contributed by atoms with Gasteiger partial charge < -0.3 is 20.4 Å². The van der Waals surface area contributed by atoms with Crippen LogP contribution in [0.1, 0.15) is 40.5 Å². The second kappa shape index (κ2) is 10.0. The maximum absolute atomic E-state index is 12.8. The van der Waals surface area contributed by atoms with Gasteiger partial charge in [-0.25, -0.2) is 4.98 Å². The van der Waals surface area contributed by atoms with Gasteiger partial charge in [0.15, 0.2) is 0 Å². The number of hydrogen-bond donors (Lipinski definition) is 2. The number of carbonyl (C=O) groups is 1. The molecule has 0 radical (unpaired) electrons. The van der Waals surface area contributed by atoms with Gasteiger partial charge in [0.25, 0.3) is 5.91 Å². The molecule has 3 heterocycles. The summed E-state index contributed by atoms with van der Waals surface area (Å²) in [4.78, 5) is 22.1. The Morgan fingerprint density at radius 2 is 1.70 bits per heavy atom. The molecule has 1 unspecified atom stereocenters. The van der Waals surface area contributed by atoms with Crippen molar-refractivity contribution in [3.05, 3.63) is 89.6 Å². The van der Waals surface area contributed by atoms with Crippen LogP contribution in [0.2, 0.25) is 0 Å². The highest BCUT2D eigenvalue weighted by Gasteiger charge is 2.22. The molecule has 1 amide bonds. The number of nitrogens with one attached hydrogen (secondary N) is 2. The molecule has 0 spiro atoms. The van der Waals surface area contributed by atoms with Crippen molar-refractivity contribution in [2.24, 2.45) is 0 Å². The van der Waals surface area contributed by atoms with Crippen LogP contribution >= 0.6 is 0 Å². The topological polar surface area (TPSA) is 60.5 Å². The Morgan fingerprint density at radius 1 is 0.909 bits per heavy atom. The summed E-state index contributed by atoms with van der Waals surface area (Å²) in [5.41, 5.74) is 4.08. The van der Waals surface area contributed by atoms with Gasteiger partial charge in [-0.3, -0.25) is 4.79 Å². The first-order chi connectivity index (χ1) is 16.3. The summed E-state index contributed by atoms with van der Waals surface area (Å²) in [6, 6.07) is 24.9. The molecule has 2 aliphatic rings. The third-order valence-corrected chi connectivity index (χ3v) is 6.53. The Balaban J connectivity index is 1.20. The molecule has 170 valence electrons. The van der Waals surface area contributed by atoms with Crippen LogP contribution in [0.15, 0.2) is 72.8 Å². The van der Waals surface area contributed by atoms with Crippen molar-refractivity contribution >= 4 is 17.4 Å². The van der Waals surface area contributed by atoms with Crippen LogP contribution in [0.5, 0.6) is 0 Å². The third kappa shape index (κ3) is 5.17. The van der Waals surface area contributed by atoms with Gasteiger partial charge in [0.05, 0.1) is 0 Å². The minimum absolute atomic E-state index is 0.143. The predicted molar refractivity (Wildman–Crippen MR) is 133 cm³/mol. The number of amides is 1. The number of anilines is 2. The number of piperazine rings is 1. The molecule has 2 fully saturated rings. The summed E-state index contributed by atoms with van der Waals surface area (Å²) in [5.74, 6) is 0.704. The molecular formula is C27H31N5O. The molecule has 2 N–H and O–H groups in total. The maximum Gasteiger partial charge on any atom is 0.270 e. The lowest BCUT2D eigenvalue weighted by atomic mass is 10.0. The van der Waals surface area contributed by atoms with Crippen molar-refractivity contribution in [3.63, 3.8) is 0 Å². The van der Waals surface area contributed by atoms with Crippen molar-refractivity contribution in [1.29, 1.82) is 0 Å². The number of hydrogen-bond acceptors (Lipinski definition) is 5. The van der Waals surface area contributed by atoms with Gasteiger partial charge in [-0.2, -0.15) is 0 Å². The second-order valence-electron chi connectivity index (χ2n) is 8.79. The van der Waals surface area contributed by atoms with E-state index in [0.29, 0.717) is 12.2 Å². The van der Waals surface area contributed by atoms with E-state index in [-0.39, 0.29) is 11.9 Å². The van der Waals surface area contributed by atoms with Gasteiger partial charge in [0.1, 0.15) is 11.5 Å². The summed E-state index contributed by atoms with van der Waals surface area (Å²) in [7, 11) is 0. The SMILES string of the molecule is O=C(NCc1ccc(N2CCCC2)cc1)c1cccc(N2CCNC(c3ccccc3)C2)n1. The minimum Gasteiger partial charge on any atom is -0.372 e. The average Bonchev–Trinajstić information content (AvgIpc) is 3.43. The molecule has 1 aromatic heterocycles. The summed E-state index contributed by atoms with van der Waals surface area (Å²) >= 11 is 0. The van der Waals surface area contributed by atoms with E-state index in [1.807, 2.05) is 18.2 Å².